The number of nitrogens with zero attached hydrogens (tertiary/aromatic N) is 3. The van der Waals surface area contributed by atoms with Crippen molar-refractivity contribution in [2.45, 2.75) is 63.0 Å². The predicted octanol–water partition coefficient (Wildman–Crippen LogP) is 0.460. The van der Waals surface area contributed by atoms with Crippen molar-refractivity contribution in [2.75, 3.05) is 25.4 Å². The highest BCUT2D eigenvalue weighted by Gasteiger charge is 2.51. The van der Waals surface area contributed by atoms with Crippen LogP contribution in [0.15, 0.2) is 17.6 Å². The minimum absolute atomic E-state index is 0.301. The predicted molar refractivity (Wildman–Crippen MR) is 111 cm³/mol. The number of hydrogen-bond donors (Lipinski definition) is 2. The first-order valence-corrected chi connectivity index (χ1v) is 11.0. The van der Waals surface area contributed by atoms with Crippen LogP contribution in [0.25, 0.3) is 0 Å². The van der Waals surface area contributed by atoms with Gasteiger partial charge in [-0.1, -0.05) is 11.8 Å². The standard InChI is InChI=1S/C19H30BN3O5S/c1-18(2)19(3,4)28-20(27-18)14-8-21-17(22-9-14)29-12-13-6-5-7-23(10-13)16(26)15(25)11-24/h8-9,13,15,24-25H,5-7,10-12H2,1-4H3/t13-,15-/m1/s1. The molecule has 1 aromatic heterocycles. The van der Waals surface area contributed by atoms with Gasteiger partial charge < -0.3 is 24.4 Å². The fourth-order valence-corrected chi connectivity index (χ4v) is 4.30. The van der Waals surface area contributed by atoms with Crippen molar-refractivity contribution < 1.29 is 24.3 Å². The molecule has 2 saturated heterocycles. The summed E-state index contributed by atoms with van der Waals surface area (Å²) >= 11 is 1.55. The highest BCUT2D eigenvalue weighted by atomic mass is 32.2. The summed E-state index contributed by atoms with van der Waals surface area (Å²) in [5.74, 6) is 0.689. The molecule has 160 valence electrons. The molecule has 29 heavy (non-hydrogen) atoms. The molecule has 1 aromatic rings. The molecule has 2 fully saturated rings. The lowest BCUT2D eigenvalue weighted by Gasteiger charge is -2.33. The molecule has 0 spiro atoms. The molecule has 0 aliphatic carbocycles. The van der Waals surface area contributed by atoms with Gasteiger partial charge in [0.1, 0.15) is 0 Å². The molecule has 10 heteroatoms. The summed E-state index contributed by atoms with van der Waals surface area (Å²) in [7, 11) is -0.477. The number of amides is 1. The summed E-state index contributed by atoms with van der Waals surface area (Å²) in [5, 5.41) is 19.2. The number of carbonyl (C=O) groups excluding carboxylic acids is 1. The number of thioether (sulfide) groups is 1. The Morgan fingerprint density at radius 2 is 1.93 bits per heavy atom. The molecule has 3 heterocycles. The van der Waals surface area contributed by atoms with E-state index in [4.69, 9.17) is 14.4 Å². The van der Waals surface area contributed by atoms with Crippen molar-refractivity contribution >= 4 is 30.3 Å². The van der Waals surface area contributed by atoms with Gasteiger partial charge >= 0.3 is 7.12 Å². The van der Waals surface area contributed by atoms with Crippen molar-refractivity contribution in [2.24, 2.45) is 5.92 Å². The van der Waals surface area contributed by atoms with Crippen molar-refractivity contribution in [3.05, 3.63) is 12.4 Å². The van der Waals surface area contributed by atoms with Gasteiger partial charge in [-0.05, 0) is 46.5 Å². The highest BCUT2D eigenvalue weighted by Crippen LogP contribution is 2.36. The van der Waals surface area contributed by atoms with Crippen LogP contribution in [-0.4, -0.2) is 80.9 Å². The van der Waals surface area contributed by atoms with Gasteiger partial charge in [-0.2, -0.15) is 0 Å². The Balaban J connectivity index is 1.52. The number of aromatic nitrogens is 2. The normalized spacial score (nSPS) is 24.6. The Bertz CT molecular complexity index is 702. The van der Waals surface area contributed by atoms with E-state index in [1.807, 2.05) is 27.7 Å². The minimum Gasteiger partial charge on any atom is -0.399 e. The van der Waals surface area contributed by atoms with Crippen molar-refractivity contribution in [1.82, 2.24) is 14.9 Å². The zero-order valence-electron chi connectivity index (χ0n) is 17.5. The number of aliphatic hydroxyl groups excluding tert-OH is 2. The van der Waals surface area contributed by atoms with Gasteiger partial charge in [-0.3, -0.25) is 4.79 Å². The van der Waals surface area contributed by atoms with E-state index in [1.54, 1.807) is 29.1 Å². The van der Waals surface area contributed by atoms with Gasteiger partial charge in [0, 0.05) is 36.7 Å². The smallest absolute Gasteiger partial charge is 0.399 e. The summed E-state index contributed by atoms with van der Waals surface area (Å²) in [6.45, 7) is 8.69. The van der Waals surface area contributed by atoms with Crippen LogP contribution in [0.3, 0.4) is 0 Å². The topological polar surface area (TPSA) is 105 Å². The zero-order chi connectivity index (χ0) is 21.2. The van der Waals surface area contributed by atoms with Crippen molar-refractivity contribution in [1.29, 1.82) is 0 Å². The summed E-state index contributed by atoms with van der Waals surface area (Å²) < 4.78 is 12.0. The maximum atomic E-state index is 12.1. The lowest BCUT2D eigenvalue weighted by atomic mass is 9.81. The van der Waals surface area contributed by atoms with Crippen molar-refractivity contribution in [3.8, 4) is 0 Å². The van der Waals surface area contributed by atoms with E-state index in [1.165, 1.54) is 0 Å². The molecule has 8 nitrogen and oxygen atoms in total. The molecule has 2 aliphatic heterocycles. The number of piperidine rings is 1. The summed E-state index contributed by atoms with van der Waals surface area (Å²) in [6, 6.07) is 0. The van der Waals surface area contributed by atoms with Gasteiger partial charge in [-0.15, -0.1) is 0 Å². The van der Waals surface area contributed by atoms with Crippen LogP contribution in [-0.2, 0) is 14.1 Å². The van der Waals surface area contributed by atoms with Gasteiger partial charge in [0.15, 0.2) is 11.3 Å². The quantitative estimate of drug-likeness (QED) is 0.386. The molecule has 3 rings (SSSR count). The lowest BCUT2D eigenvalue weighted by molar-refractivity contribution is -0.143. The number of aliphatic hydroxyl groups is 2. The van der Waals surface area contributed by atoms with Crippen LogP contribution in [0.5, 0.6) is 0 Å². The minimum atomic E-state index is -1.33. The van der Waals surface area contributed by atoms with Gasteiger partial charge in [0.2, 0.25) is 0 Å². The Hall–Kier alpha value is -1.20. The largest absolute Gasteiger partial charge is 0.498 e. The first-order chi connectivity index (χ1) is 13.6. The zero-order valence-corrected chi connectivity index (χ0v) is 18.3. The molecule has 0 radical (unpaired) electrons. The van der Waals surface area contributed by atoms with E-state index in [0.717, 1.165) is 24.1 Å². The maximum Gasteiger partial charge on any atom is 0.498 e. The lowest BCUT2D eigenvalue weighted by Crippen LogP contribution is -2.46. The van der Waals surface area contributed by atoms with E-state index in [-0.39, 0.29) is 0 Å². The van der Waals surface area contributed by atoms with E-state index in [0.29, 0.717) is 24.2 Å². The van der Waals surface area contributed by atoms with Crippen molar-refractivity contribution in [3.63, 3.8) is 0 Å². The first kappa shape index (κ1) is 22.5. The monoisotopic (exact) mass is 423 g/mol. The van der Waals surface area contributed by atoms with Crippen LogP contribution in [0, 0.1) is 5.92 Å². The second-order valence-electron chi connectivity index (χ2n) is 8.69. The van der Waals surface area contributed by atoms with Gasteiger partial charge in [0.05, 0.1) is 17.8 Å². The van der Waals surface area contributed by atoms with E-state index >= 15 is 0 Å². The average molecular weight is 423 g/mol. The Labute approximate surface area is 176 Å². The Kier molecular flexibility index (Phi) is 6.90. The molecule has 0 unspecified atom stereocenters. The van der Waals surface area contributed by atoms with Crippen LogP contribution in [0.4, 0.5) is 0 Å². The second-order valence-corrected chi connectivity index (χ2v) is 9.68. The van der Waals surface area contributed by atoms with Gasteiger partial charge in [-0.25, -0.2) is 9.97 Å². The fraction of sp³-hybridized carbons (Fsp3) is 0.737. The fourth-order valence-electron chi connectivity index (χ4n) is 3.38. The number of carbonyl (C=O) groups is 1. The molecule has 1 amide bonds. The Morgan fingerprint density at radius 1 is 1.31 bits per heavy atom. The molecule has 0 saturated carbocycles. The molecular weight excluding hydrogens is 393 g/mol. The molecule has 2 aliphatic rings. The third-order valence-corrected chi connectivity index (χ3v) is 7.02. The number of likely N-dealkylation sites (tertiary alicyclic amines) is 1. The number of rotatable bonds is 6. The molecule has 2 atom stereocenters. The van der Waals surface area contributed by atoms with E-state index in [2.05, 4.69) is 9.97 Å². The molecular formula is C19H30BN3O5S. The SMILES string of the molecule is CC1(C)OB(c2cnc(SC[C@@H]3CCCN(C(=O)[C@H](O)CO)C3)nc2)OC1(C)C. The first-order valence-electron chi connectivity index (χ1n) is 10.0. The van der Waals surface area contributed by atoms with Gasteiger partial charge in [0.25, 0.3) is 5.91 Å². The van der Waals surface area contributed by atoms with Crippen LogP contribution >= 0.6 is 11.8 Å². The maximum absolute atomic E-state index is 12.1. The van der Waals surface area contributed by atoms with E-state index in [9.17, 15) is 9.90 Å². The number of hydrogen-bond acceptors (Lipinski definition) is 8. The molecule has 0 aromatic carbocycles. The third-order valence-electron chi connectivity index (χ3n) is 5.91. The van der Waals surface area contributed by atoms with Crippen LogP contribution in [0.1, 0.15) is 40.5 Å². The second kappa shape index (κ2) is 8.89. The van der Waals surface area contributed by atoms with E-state index < -0.39 is 36.9 Å². The third kappa shape index (κ3) is 5.11. The molecule has 2 N–H and O–H groups in total. The molecule has 0 bridgehead atoms. The summed E-state index contributed by atoms with van der Waals surface area (Å²) in [5.41, 5.74) is -0.0155. The highest BCUT2D eigenvalue weighted by molar-refractivity contribution is 7.99. The summed E-state index contributed by atoms with van der Waals surface area (Å²) in [4.78, 5) is 22.6. The summed E-state index contributed by atoms with van der Waals surface area (Å²) in [6.07, 6.45) is 4.05. The average Bonchev–Trinajstić information content (AvgIpc) is 2.93. The van der Waals surface area contributed by atoms with Crippen LogP contribution < -0.4 is 5.46 Å². The Morgan fingerprint density at radius 3 is 2.52 bits per heavy atom. The van der Waals surface area contributed by atoms with Crippen LogP contribution in [0.2, 0.25) is 0 Å².